The Hall–Kier alpha value is -3.02. The molecule has 0 spiro atoms. The Morgan fingerprint density at radius 1 is 1.22 bits per heavy atom. The number of nitrogen functional groups attached to an aromatic ring is 1. The van der Waals surface area contributed by atoms with Gasteiger partial charge in [-0.3, -0.25) is 4.98 Å². The minimum atomic E-state index is -0.242. The molecule has 116 valence electrons. The number of hydrogen-bond donors (Lipinski definition) is 2. The van der Waals surface area contributed by atoms with Crippen LogP contribution in [0.15, 0.2) is 66.4 Å². The van der Waals surface area contributed by atoms with Crippen molar-refractivity contribution in [3.05, 3.63) is 66.4 Å². The van der Waals surface area contributed by atoms with Gasteiger partial charge in [0.25, 0.3) is 0 Å². The molecule has 0 saturated carbocycles. The minimum absolute atomic E-state index is 0.143. The number of anilines is 2. The van der Waals surface area contributed by atoms with Crippen LogP contribution < -0.4 is 11.1 Å². The molecule has 1 aliphatic carbocycles. The minimum Gasteiger partial charge on any atom is -0.368 e. The van der Waals surface area contributed by atoms with E-state index in [2.05, 4.69) is 20.3 Å². The van der Waals surface area contributed by atoms with Crippen LogP contribution in [-0.2, 0) is 0 Å². The van der Waals surface area contributed by atoms with Gasteiger partial charge >= 0.3 is 0 Å². The summed E-state index contributed by atoms with van der Waals surface area (Å²) < 4.78 is 13.9. The first-order valence-electron chi connectivity index (χ1n) is 7.19. The van der Waals surface area contributed by atoms with Gasteiger partial charge in [0.2, 0.25) is 5.95 Å². The summed E-state index contributed by atoms with van der Waals surface area (Å²) in [5.74, 6) is 0.189. The summed E-state index contributed by atoms with van der Waals surface area (Å²) in [6.07, 6.45) is 10.2. The molecular formula is C17H16FN5. The largest absolute Gasteiger partial charge is 0.368 e. The van der Waals surface area contributed by atoms with Gasteiger partial charge in [-0.2, -0.15) is 4.98 Å². The first kappa shape index (κ1) is 14.9. The van der Waals surface area contributed by atoms with E-state index in [4.69, 9.17) is 5.73 Å². The first-order valence-corrected chi connectivity index (χ1v) is 7.19. The van der Waals surface area contributed by atoms with E-state index in [1.54, 1.807) is 37.5 Å². The summed E-state index contributed by atoms with van der Waals surface area (Å²) in [5.41, 5.74) is 7.93. The number of nitrogens with zero attached hydrogens (tertiary/aromatic N) is 3. The van der Waals surface area contributed by atoms with Crippen molar-refractivity contribution in [2.75, 3.05) is 11.1 Å². The maximum absolute atomic E-state index is 13.9. The maximum Gasteiger partial charge on any atom is 0.222 e. The molecule has 6 heteroatoms. The van der Waals surface area contributed by atoms with Crippen LogP contribution >= 0.6 is 0 Å². The monoisotopic (exact) mass is 309 g/mol. The molecule has 1 unspecified atom stereocenters. The van der Waals surface area contributed by atoms with Gasteiger partial charge in [-0.25, -0.2) is 9.37 Å². The Kier molecular flexibility index (Phi) is 4.14. The normalized spacial score (nSPS) is 17.2. The highest BCUT2D eigenvalue weighted by atomic mass is 19.1. The van der Waals surface area contributed by atoms with Crippen LogP contribution in [0.1, 0.15) is 6.92 Å². The second kappa shape index (κ2) is 6.39. The van der Waals surface area contributed by atoms with Crippen LogP contribution in [0.4, 0.5) is 16.2 Å². The van der Waals surface area contributed by atoms with Gasteiger partial charge in [0.05, 0.1) is 5.69 Å². The molecule has 0 aliphatic heterocycles. The number of nitrogens with two attached hydrogens (primary N) is 1. The zero-order valence-corrected chi connectivity index (χ0v) is 12.6. The highest BCUT2D eigenvalue weighted by Crippen LogP contribution is 2.23. The molecule has 0 aromatic carbocycles. The third kappa shape index (κ3) is 3.60. The van der Waals surface area contributed by atoms with Gasteiger partial charge in [-0.1, -0.05) is 19.1 Å². The van der Waals surface area contributed by atoms with Crippen molar-refractivity contribution in [3.63, 3.8) is 0 Å². The summed E-state index contributed by atoms with van der Waals surface area (Å²) in [5, 5.41) is 3.07. The fourth-order valence-electron chi connectivity index (χ4n) is 2.17. The SMILES string of the molecule is CC1C=CC=C(Nc2cc(-c3ccncc3)nc(N)n2)C=C1F. The van der Waals surface area contributed by atoms with E-state index in [1.807, 2.05) is 18.2 Å². The van der Waals surface area contributed by atoms with E-state index in [1.165, 1.54) is 6.08 Å². The van der Waals surface area contributed by atoms with Crippen LogP contribution in [0.3, 0.4) is 0 Å². The van der Waals surface area contributed by atoms with Crippen molar-refractivity contribution in [1.29, 1.82) is 0 Å². The predicted octanol–water partition coefficient (Wildman–Crippen LogP) is 3.48. The van der Waals surface area contributed by atoms with Crippen LogP contribution in [-0.4, -0.2) is 15.0 Å². The fraction of sp³-hybridized carbons (Fsp3) is 0.118. The lowest BCUT2D eigenvalue weighted by Gasteiger charge is -2.09. The fourth-order valence-corrected chi connectivity index (χ4v) is 2.17. The Balaban J connectivity index is 1.91. The molecule has 3 rings (SSSR count). The zero-order valence-electron chi connectivity index (χ0n) is 12.6. The summed E-state index contributed by atoms with van der Waals surface area (Å²) >= 11 is 0. The third-order valence-electron chi connectivity index (χ3n) is 3.40. The standard InChI is InChI=1S/C17H16FN5/c1-11-3-2-4-13(9-14(11)18)21-16-10-15(22-17(19)23-16)12-5-7-20-8-6-12/h2-11H,1H3,(H3,19,21,22,23). The molecular weight excluding hydrogens is 293 g/mol. The maximum atomic E-state index is 13.9. The van der Waals surface area contributed by atoms with Gasteiger partial charge in [0.15, 0.2) is 0 Å². The Morgan fingerprint density at radius 3 is 2.78 bits per heavy atom. The van der Waals surface area contributed by atoms with E-state index < -0.39 is 0 Å². The van der Waals surface area contributed by atoms with Crippen LogP contribution in [0.25, 0.3) is 11.3 Å². The quantitative estimate of drug-likeness (QED) is 0.907. The molecule has 2 aromatic rings. The van der Waals surface area contributed by atoms with Gasteiger partial charge in [-0.05, 0) is 24.3 Å². The van der Waals surface area contributed by atoms with Crippen LogP contribution in [0.5, 0.6) is 0 Å². The summed E-state index contributed by atoms with van der Waals surface area (Å²) in [6.45, 7) is 1.79. The predicted molar refractivity (Wildman–Crippen MR) is 88.9 cm³/mol. The number of allylic oxidation sites excluding steroid dienone is 5. The van der Waals surface area contributed by atoms with E-state index in [0.29, 0.717) is 17.2 Å². The Labute approximate surface area is 133 Å². The molecule has 0 fully saturated rings. The lowest BCUT2D eigenvalue weighted by molar-refractivity contribution is 0.549. The molecule has 2 aromatic heterocycles. The molecule has 5 nitrogen and oxygen atoms in total. The lowest BCUT2D eigenvalue weighted by Crippen LogP contribution is -2.04. The highest BCUT2D eigenvalue weighted by molar-refractivity contribution is 5.64. The molecule has 1 atom stereocenters. The van der Waals surface area contributed by atoms with Crippen molar-refractivity contribution < 1.29 is 4.39 Å². The van der Waals surface area contributed by atoms with E-state index in [0.717, 1.165) is 5.56 Å². The second-order valence-corrected chi connectivity index (χ2v) is 5.18. The van der Waals surface area contributed by atoms with E-state index in [9.17, 15) is 4.39 Å². The number of nitrogens with one attached hydrogen (secondary N) is 1. The molecule has 23 heavy (non-hydrogen) atoms. The first-order chi connectivity index (χ1) is 11.1. The van der Waals surface area contributed by atoms with Crippen molar-refractivity contribution in [3.8, 4) is 11.3 Å². The van der Waals surface area contributed by atoms with Crippen molar-refractivity contribution in [2.45, 2.75) is 6.92 Å². The van der Waals surface area contributed by atoms with Gasteiger partial charge in [0, 0.05) is 35.6 Å². The molecule has 1 aliphatic rings. The zero-order chi connectivity index (χ0) is 16.2. The second-order valence-electron chi connectivity index (χ2n) is 5.18. The number of halogens is 1. The molecule has 3 N–H and O–H groups in total. The number of rotatable bonds is 3. The highest BCUT2D eigenvalue weighted by Gasteiger charge is 2.10. The molecule has 0 radical (unpaired) electrons. The van der Waals surface area contributed by atoms with Crippen molar-refractivity contribution in [2.24, 2.45) is 5.92 Å². The Bertz CT molecular complexity index is 796. The van der Waals surface area contributed by atoms with E-state index >= 15 is 0 Å². The van der Waals surface area contributed by atoms with E-state index in [-0.39, 0.29) is 17.7 Å². The van der Waals surface area contributed by atoms with Gasteiger partial charge in [0.1, 0.15) is 11.6 Å². The van der Waals surface area contributed by atoms with Crippen molar-refractivity contribution >= 4 is 11.8 Å². The summed E-state index contributed by atoms with van der Waals surface area (Å²) in [6, 6.07) is 5.43. The smallest absolute Gasteiger partial charge is 0.222 e. The average molecular weight is 309 g/mol. The van der Waals surface area contributed by atoms with Crippen molar-refractivity contribution in [1.82, 2.24) is 15.0 Å². The van der Waals surface area contributed by atoms with Crippen LogP contribution in [0.2, 0.25) is 0 Å². The number of pyridine rings is 1. The average Bonchev–Trinajstić information content (AvgIpc) is 2.69. The van der Waals surface area contributed by atoms with Crippen LogP contribution in [0, 0.1) is 5.92 Å². The lowest BCUT2D eigenvalue weighted by atomic mass is 10.1. The number of aromatic nitrogens is 3. The van der Waals surface area contributed by atoms with Gasteiger partial charge < -0.3 is 11.1 Å². The van der Waals surface area contributed by atoms with Gasteiger partial charge in [-0.15, -0.1) is 0 Å². The topological polar surface area (TPSA) is 76.7 Å². The Morgan fingerprint density at radius 2 is 2.00 bits per heavy atom. The molecule has 0 saturated heterocycles. The molecule has 2 heterocycles. The number of hydrogen-bond acceptors (Lipinski definition) is 5. The molecule has 0 bridgehead atoms. The molecule has 0 amide bonds. The summed E-state index contributed by atoms with van der Waals surface area (Å²) in [4.78, 5) is 12.3. The summed E-state index contributed by atoms with van der Waals surface area (Å²) in [7, 11) is 0. The third-order valence-corrected chi connectivity index (χ3v) is 3.40.